The van der Waals surface area contributed by atoms with Crippen LogP contribution in [0, 0.1) is 0 Å². The first kappa shape index (κ1) is 12.6. The van der Waals surface area contributed by atoms with Crippen LogP contribution in [0.2, 0.25) is 0 Å². The molecule has 1 aromatic carbocycles. The zero-order valence-corrected chi connectivity index (χ0v) is 11.9. The van der Waals surface area contributed by atoms with Gasteiger partial charge in [-0.15, -0.1) is 11.3 Å². The molecule has 0 aliphatic carbocycles. The molecule has 3 nitrogen and oxygen atoms in total. The fourth-order valence-electron chi connectivity index (χ4n) is 2.45. The first-order valence-electron chi connectivity index (χ1n) is 6.67. The fourth-order valence-corrected chi connectivity index (χ4v) is 3.42. The smallest absolute Gasteiger partial charge is 0.119 e. The van der Waals surface area contributed by atoms with Gasteiger partial charge in [0.25, 0.3) is 0 Å². The molecule has 0 radical (unpaired) electrons. The Balaban J connectivity index is 1.83. The number of rotatable bonds is 3. The van der Waals surface area contributed by atoms with Crippen LogP contribution in [-0.4, -0.2) is 25.2 Å². The lowest BCUT2D eigenvalue weighted by Crippen LogP contribution is -2.28. The number of thiazole rings is 1. The van der Waals surface area contributed by atoms with Crippen molar-refractivity contribution in [3.8, 4) is 17.0 Å². The molecule has 0 saturated carbocycles. The van der Waals surface area contributed by atoms with E-state index in [0.29, 0.717) is 5.92 Å². The third-order valence-corrected chi connectivity index (χ3v) is 4.54. The second-order valence-corrected chi connectivity index (χ2v) is 5.74. The molecule has 19 heavy (non-hydrogen) atoms. The summed E-state index contributed by atoms with van der Waals surface area (Å²) in [5.41, 5.74) is 2.19. The first-order chi connectivity index (χ1) is 9.36. The molecule has 1 saturated heterocycles. The molecule has 1 atom stereocenters. The van der Waals surface area contributed by atoms with Crippen molar-refractivity contribution in [1.82, 2.24) is 10.3 Å². The van der Waals surface area contributed by atoms with Gasteiger partial charge in [0, 0.05) is 23.4 Å². The molecular weight excluding hydrogens is 256 g/mol. The molecule has 0 spiro atoms. The Morgan fingerprint density at radius 2 is 2.37 bits per heavy atom. The standard InChI is InChI=1S/C15H18N2OS/c1-18-13-6-2-4-11(8-13)14-10-19-15(17-14)12-5-3-7-16-9-12/h2,4,6,8,10,12,16H,3,5,7,9H2,1H3. The SMILES string of the molecule is COc1cccc(-c2csc(C3CCCNC3)n2)c1. The maximum atomic E-state index is 5.27. The highest BCUT2D eigenvalue weighted by Gasteiger charge is 2.18. The van der Waals surface area contributed by atoms with E-state index in [1.807, 2.05) is 18.2 Å². The van der Waals surface area contributed by atoms with E-state index < -0.39 is 0 Å². The largest absolute Gasteiger partial charge is 0.497 e. The van der Waals surface area contributed by atoms with Gasteiger partial charge in [-0.1, -0.05) is 12.1 Å². The van der Waals surface area contributed by atoms with Gasteiger partial charge in [0.1, 0.15) is 5.75 Å². The van der Waals surface area contributed by atoms with E-state index in [2.05, 4.69) is 16.8 Å². The van der Waals surface area contributed by atoms with Crippen LogP contribution in [-0.2, 0) is 0 Å². The van der Waals surface area contributed by atoms with Crippen molar-refractivity contribution in [2.45, 2.75) is 18.8 Å². The van der Waals surface area contributed by atoms with Crippen molar-refractivity contribution in [3.05, 3.63) is 34.7 Å². The zero-order valence-electron chi connectivity index (χ0n) is 11.1. The van der Waals surface area contributed by atoms with E-state index in [9.17, 15) is 0 Å². The Morgan fingerprint density at radius 3 is 3.16 bits per heavy atom. The number of hydrogen-bond donors (Lipinski definition) is 1. The summed E-state index contributed by atoms with van der Waals surface area (Å²) in [4.78, 5) is 4.80. The van der Waals surface area contributed by atoms with Gasteiger partial charge in [0.2, 0.25) is 0 Å². The predicted molar refractivity (Wildman–Crippen MR) is 78.9 cm³/mol. The number of ether oxygens (including phenoxy) is 1. The first-order valence-corrected chi connectivity index (χ1v) is 7.55. The summed E-state index contributed by atoms with van der Waals surface area (Å²) in [6.45, 7) is 2.20. The maximum Gasteiger partial charge on any atom is 0.119 e. The van der Waals surface area contributed by atoms with Crippen molar-refractivity contribution in [2.24, 2.45) is 0 Å². The van der Waals surface area contributed by atoms with Crippen molar-refractivity contribution in [2.75, 3.05) is 20.2 Å². The highest BCUT2D eigenvalue weighted by molar-refractivity contribution is 7.10. The number of benzene rings is 1. The van der Waals surface area contributed by atoms with Crippen LogP contribution in [0.1, 0.15) is 23.8 Å². The summed E-state index contributed by atoms with van der Waals surface area (Å²) < 4.78 is 5.27. The summed E-state index contributed by atoms with van der Waals surface area (Å²) in [5.74, 6) is 1.46. The molecular formula is C15H18N2OS. The Bertz CT molecular complexity index is 547. The van der Waals surface area contributed by atoms with Gasteiger partial charge >= 0.3 is 0 Å². The van der Waals surface area contributed by atoms with Crippen LogP contribution in [0.25, 0.3) is 11.3 Å². The van der Waals surface area contributed by atoms with Gasteiger partial charge < -0.3 is 10.1 Å². The summed E-state index contributed by atoms with van der Waals surface area (Å²) in [5, 5.41) is 6.85. The molecule has 1 N–H and O–H groups in total. The minimum Gasteiger partial charge on any atom is -0.497 e. The topological polar surface area (TPSA) is 34.1 Å². The lowest BCUT2D eigenvalue weighted by molar-refractivity contribution is 0.415. The van der Waals surface area contributed by atoms with E-state index in [4.69, 9.17) is 9.72 Å². The van der Waals surface area contributed by atoms with E-state index in [1.165, 1.54) is 17.8 Å². The van der Waals surface area contributed by atoms with Gasteiger partial charge in [0.05, 0.1) is 17.8 Å². The molecule has 1 aliphatic rings. The second kappa shape index (κ2) is 5.72. The third-order valence-electron chi connectivity index (χ3n) is 3.53. The third kappa shape index (κ3) is 2.80. The van der Waals surface area contributed by atoms with Gasteiger partial charge in [-0.25, -0.2) is 4.98 Å². The molecule has 100 valence electrons. The average Bonchev–Trinajstić information content (AvgIpc) is 2.98. The maximum absolute atomic E-state index is 5.27. The summed E-state index contributed by atoms with van der Waals surface area (Å²) in [6, 6.07) is 8.09. The highest BCUT2D eigenvalue weighted by atomic mass is 32.1. The Labute approximate surface area is 117 Å². The molecule has 1 unspecified atom stereocenters. The van der Waals surface area contributed by atoms with Gasteiger partial charge in [-0.2, -0.15) is 0 Å². The van der Waals surface area contributed by atoms with Gasteiger partial charge in [-0.05, 0) is 31.5 Å². The van der Waals surface area contributed by atoms with Crippen LogP contribution >= 0.6 is 11.3 Å². The number of nitrogens with one attached hydrogen (secondary N) is 1. The average molecular weight is 274 g/mol. The Morgan fingerprint density at radius 1 is 1.42 bits per heavy atom. The van der Waals surface area contributed by atoms with Crippen LogP contribution in [0.5, 0.6) is 5.75 Å². The van der Waals surface area contributed by atoms with Gasteiger partial charge in [0.15, 0.2) is 0 Å². The minimum atomic E-state index is 0.582. The summed E-state index contributed by atoms with van der Waals surface area (Å²) in [7, 11) is 1.69. The number of nitrogens with zero attached hydrogens (tertiary/aromatic N) is 1. The Hall–Kier alpha value is -1.39. The molecule has 0 amide bonds. The van der Waals surface area contributed by atoms with E-state index in [-0.39, 0.29) is 0 Å². The predicted octanol–water partition coefficient (Wildman–Crippen LogP) is 3.29. The van der Waals surface area contributed by atoms with Crippen molar-refractivity contribution >= 4 is 11.3 Å². The summed E-state index contributed by atoms with van der Waals surface area (Å²) >= 11 is 1.77. The molecule has 1 aromatic heterocycles. The molecule has 0 bridgehead atoms. The molecule has 2 aromatic rings. The minimum absolute atomic E-state index is 0.582. The normalized spacial score (nSPS) is 19.3. The molecule has 1 aliphatic heterocycles. The molecule has 3 rings (SSSR count). The lowest BCUT2D eigenvalue weighted by atomic mass is 10.0. The summed E-state index contributed by atoms with van der Waals surface area (Å²) in [6.07, 6.45) is 2.50. The van der Waals surface area contributed by atoms with Crippen LogP contribution in [0.3, 0.4) is 0 Å². The number of hydrogen-bond acceptors (Lipinski definition) is 4. The number of piperidine rings is 1. The fraction of sp³-hybridized carbons (Fsp3) is 0.400. The van der Waals surface area contributed by atoms with Crippen molar-refractivity contribution < 1.29 is 4.74 Å². The zero-order chi connectivity index (χ0) is 13.1. The molecule has 1 fully saturated rings. The van der Waals surface area contributed by atoms with E-state index in [1.54, 1.807) is 18.4 Å². The van der Waals surface area contributed by atoms with E-state index >= 15 is 0 Å². The molecule has 2 heterocycles. The molecule has 4 heteroatoms. The second-order valence-electron chi connectivity index (χ2n) is 4.85. The van der Waals surface area contributed by atoms with Crippen LogP contribution < -0.4 is 10.1 Å². The van der Waals surface area contributed by atoms with Crippen LogP contribution in [0.4, 0.5) is 0 Å². The van der Waals surface area contributed by atoms with Crippen molar-refractivity contribution in [1.29, 1.82) is 0 Å². The number of methoxy groups -OCH3 is 1. The monoisotopic (exact) mass is 274 g/mol. The lowest BCUT2D eigenvalue weighted by Gasteiger charge is -2.20. The van der Waals surface area contributed by atoms with Crippen LogP contribution in [0.15, 0.2) is 29.6 Å². The van der Waals surface area contributed by atoms with Gasteiger partial charge in [-0.3, -0.25) is 0 Å². The Kier molecular flexibility index (Phi) is 3.80. The number of aromatic nitrogens is 1. The highest BCUT2D eigenvalue weighted by Crippen LogP contribution is 2.31. The quantitative estimate of drug-likeness (QED) is 0.932. The van der Waals surface area contributed by atoms with E-state index in [0.717, 1.165) is 30.1 Å². The van der Waals surface area contributed by atoms with Crippen molar-refractivity contribution in [3.63, 3.8) is 0 Å².